The van der Waals surface area contributed by atoms with Crippen molar-refractivity contribution in [1.82, 2.24) is 10.2 Å². The molecule has 1 saturated carbocycles. The first-order chi connectivity index (χ1) is 10.6. The number of carbonyl (C=O) groups excluding carboxylic acids is 1. The molecule has 1 aliphatic heterocycles. The van der Waals surface area contributed by atoms with Gasteiger partial charge in [0.2, 0.25) is 5.91 Å². The highest BCUT2D eigenvalue weighted by molar-refractivity contribution is 5.76. The second-order valence-electron chi connectivity index (χ2n) is 6.60. The summed E-state index contributed by atoms with van der Waals surface area (Å²) >= 11 is 0. The van der Waals surface area contributed by atoms with Gasteiger partial charge in [0.15, 0.2) is 5.79 Å². The van der Waals surface area contributed by atoms with Gasteiger partial charge in [-0.1, -0.05) is 6.42 Å². The van der Waals surface area contributed by atoms with Crippen molar-refractivity contribution in [3.63, 3.8) is 0 Å². The number of ether oxygens (including phenoxy) is 2. The van der Waals surface area contributed by atoms with E-state index in [0.717, 1.165) is 32.5 Å². The zero-order valence-corrected chi connectivity index (χ0v) is 14.4. The summed E-state index contributed by atoms with van der Waals surface area (Å²) in [5.74, 6) is -0.0810. The molecule has 0 bridgehead atoms. The first-order valence-corrected chi connectivity index (χ1v) is 8.91. The van der Waals surface area contributed by atoms with Gasteiger partial charge in [-0.2, -0.15) is 0 Å². The highest BCUT2D eigenvalue weighted by Crippen LogP contribution is 2.37. The van der Waals surface area contributed by atoms with Gasteiger partial charge in [0.1, 0.15) is 0 Å². The predicted octanol–water partition coefficient (Wildman–Crippen LogP) is 2.30. The second kappa shape index (κ2) is 8.27. The Bertz CT molecular complexity index is 352. The van der Waals surface area contributed by atoms with Crippen LogP contribution in [0.5, 0.6) is 0 Å². The molecule has 22 heavy (non-hydrogen) atoms. The van der Waals surface area contributed by atoms with Gasteiger partial charge in [0.25, 0.3) is 0 Å². The maximum absolute atomic E-state index is 12.1. The third kappa shape index (κ3) is 4.67. The first kappa shape index (κ1) is 17.7. The van der Waals surface area contributed by atoms with Gasteiger partial charge in [0.05, 0.1) is 12.7 Å². The summed E-state index contributed by atoms with van der Waals surface area (Å²) in [4.78, 5) is 14.0. The Hall–Kier alpha value is -0.650. The van der Waals surface area contributed by atoms with Gasteiger partial charge in [-0.25, -0.2) is 0 Å². The topological polar surface area (TPSA) is 50.8 Å². The molecule has 1 aliphatic carbocycles. The van der Waals surface area contributed by atoms with Gasteiger partial charge in [-0.05, 0) is 33.6 Å². The number of amides is 1. The molecule has 5 heteroatoms. The SMILES string of the molecule is CCN(CC)C(=O)C[C@@H](C)NC[C@H]1COC2(CCCCC2)O1. The zero-order valence-electron chi connectivity index (χ0n) is 14.4. The van der Waals surface area contributed by atoms with E-state index in [1.807, 2.05) is 18.7 Å². The molecule has 128 valence electrons. The van der Waals surface area contributed by atoms with Crippen molar-refractivity contribution >= 4 is 5.91 Å². The summed E-state index contributed by atoms with van der Waals surface area (Å²) < 4.78 is 12.1. The molecule has 0 aromatic rings. The summed E-state index contributed by atoms with van der Waals surface area (Å²) in [5.41, 5.74) is 0. The molecule has 2 fully saturated rings. The average Bonchev–Trinajstić information content (AvgIpc) is 2.90. The molecule has 5 nitrogen and oxygen atoms in total. The average molecular weight is 312 g/mol. The quantitative estimate of drug-likeness (QED) is 0.784. The van der Waals surface area contributed by atoms with Crippen molar-refractivity contribution in [2.75, 3.05) is 26.2 Å². The van der Waals surface area contributed by atoms with E-state index in [9.17, 15) is 4.79 Å². The van der Waals surface area contributed by atoms with Crippen LogP contribution in [0.3, 0.4) is 0 Å². The smallest absolute Gasteiger partial charge is 0.224 e. The van der Waals surface area contributed by atoms with Crippen molar-refractivity contribution in [1.29, 1.82) is 0 Å². The number of rotatable bonds is 7. The highest BCUT2D eigenvalue weighted by atomic mass is 16.7. The van der Waals surface area contributed by atoms with Gasteiger partial charge < -0.3 is 19.7 Å². The van der Waals surface area contributed by atoms with Crippen LogP contribution >= 0.6 is 0 Å². The van der Waals surface area contributed by atoms with Crippen molar-refractivity contribution in [2.24, 2.45) is 0 Å². The lowest BCUT2D eigenvalue weighted by atomic mass is 9.94. The van der Waals surface area contributed by atoms with Crippen molar-refractivity contribution in [3.8, 4) is 0 Å². The van der Waals surface area contributed by atoms with Crippen LogP contribution in [0.15, 0.2) is 0 Å². The summed E-state index contributed by atoms with van der Waals surface area (Å²) in [6, 6.07) is 0.166. The van der Waals surface area contributed by atoms with Crippen LogP contribution in [-0.2, 0) is 14.3 Å². The van der Waals surface area contributed by atoms with E-state index in [2.05, 4.69) is 12.2 Å². The minimum atomic E-state index is -0.301. The number of hydrogen-bond acceptors (Lipinski definition) is 4. The lowest BCUT2D eigenvalue weighted by molar-refractivity contribution is -0.186. The van der Waals surface area contributed by atoms with E-state index in [1.54, 1.807) is 0 Å². The molecule has 1 N–H and O–H groups in total. The van der Waals surface area contributed by atoms with Crippen molar-refractivity contribution < 1.29 is 14.3 Å². The van der Waals surface area contributed by atoms with E-state index >= 15 is 0 Å². The van der Waals surface area contributed by atoms with E-state index in [1.165, 1.54) is 19.3 Å². The zero-order chi connectivity index (χ0) is 16.0. The molecule has 2 atom stereocenters. The highest BCUT2D eigenvalue weighted by Gasteiger charge is 2.42. The Labute approximate surface area is 134 Å². The summed E-state index contributed by atoms with van der Waals surface area (Å²) in [6.07, 6.45) is 6.41. The molecule has 2 rings (SSSR count). The van der Waals surface area contributed by atoms with E-state index in [-0.39, 0.29) is 23.8 Å². The van der Waals surface area contributed by atoms with E-state index in [4.69, 9.17) is 9.47 Å². The Balaban J connectivity index is 1.68. The summed E-state index contributed by atoms with van der Waals surface area (Å²) in [5, 5.41) is 3.43. The maximum atomic E-state index is 12.1. The van der Waals surface area contributed by atoms with Crippen molar-refractivity contribution in [2.45, 2.75) is 77.2 Å². The lowest BCUT2D eigenvalue weighted by Crippen LogP contribution is -2.41. The molecule has 1 saturated heterocycles. The molecule has 1 amide bonds. The minimum Gasteiger partial charge on any atom is -0.347 e. The molecule has 0 aromatic heterocycles. The number of carbonyl (C=O) groups is 1. The predicted molar refractivity (Wildman–Crippen MR) is 86.7 cm³/mol. The van der Waals surface area contributed by atoms with Crippen LogP contribution in [0.4, 0.5) is 0 Å². The minimum absolute atomic E-state index is 0.115. The molecule has 1 spiro atoms. The normalized spacial score (nSPS) is 25.3. The van der Waals surface area contributed by atoms with Crippen LogP contribution < -0.4 is 5.32 Å². The third-order valence-corrected chi connectivity index (χ3v) is 4.82. The van der Waals surface area contributed by atoms with Gasteiger partial charge in [0, 0.05) is 44.9 Å². The first-order valence-electron chi connectivity index (χ1n) is 8.91. The molecule has 1 heterocycles. The molecule has 0 unspecified atom stereocenters. The monoisotopic (exact) mass is 312 g/mol. The third-order valence-electron chi connectivity index (χ3n) is 4.82. The summed E-state index contributed by atoms with van der Waals surface area (Å²) in [7, 11) is 0. The van der Waals surface area contributed by atoms with E-state index in [0.29, 0.717) is 13.0 Å². The fraction of sp³-hybridized carbons (Fsp3) is 0.941. The Morgan fingerprint density at radius 2 is 1.95 bits per heavy atom. The van der Waals surface area contributed by atoms with Crippen LogP contribution in [0.2, 0.25) is 0 Å². The van der Waals surface area contributed by atoms with Crippen LogP contribution in [0.25, 0.3) is 0 Å². The van der Waals surface area contributed by atoms with Crippen LogP contribution in [-0.4, -0.2) is 55.0 Å². The molecule has 2 aliphatic rings. The van der Waals surface area contributed by atoms with Crippen LogP contribution in [0, 0.1) is 0 Å². The van der Waals surface area contributed by atoms with E-state index < -0.39 is 0 Å². The Kier molecular flexibility index (Phi) is 6.66. The standard InChI is InChI=1S/C17H32N2O3/c1-4-19(5-2)16(20)11-14(3)18-12-15-13-21-17(22-15)9-7-6-8-10-17/h14-15,18H,4-13H2,1-3H3/t14-,15+/m1/s1. The van der Waals surface area contributed by atoms with Gasteiger partial charge in [-0.3, -0.25) is 4.79 Å². The molecular weight excluding hydrogens is 280 g/mol. The number of nitrogens with zero attached hydrogens (tertiary/aromatic N) is 1. The van der Waals surface area contributed by atoms with Crippen molar-refractivity contribution in [3.05, 3.63) is 0 Å². The molecular formula is C17H32N2O3. The van der Waals surface area contributed by atoms with Gasteiger partial charge >= 0.3 is 0 Å². The maximum Gasteiger partial charge on any atom is 0.224 e. The van der Waals surface area contributed by atoms with Crippen LogP contribution in [0.1, 0.15) is 59.3 Å². The lowest BCUT2D eigenvalue weighted by Gasteiger charge is -2.31. The second-order valence-corrected chi connectivity index (χ2v) is 6.60. The fourth-order valence-corrected chi connectivity index (χ4v) is 3.44. The Morgan fingerprint density at radius 1 is 1.27 bits per heavy atom. The Morgan fingerprint density at radius 3 is 2.59 bits per heavy atom. The summed E-state index contributed by atoms with van der Waals surface area (Å²) in [6.45, 7) is 9.10. The molecule has 0 aromatic carbocycles. The number of nitrogens with one attached hydrogen (secondary N) is 1. The fourth-order valence-electron chi connectivity index (χ4n) is 3.44. The van der Waals surface area contributed by atoms with Gasteiger partial charge in [-0.15, -0.1) is 0 Å². The molecule has 0 radical (unpaired) electrons. The number of hydrogen-bond donors (Lipinski definition) is 1. The largest absolute Gasteiger partial charge is 0.347 e.